The first-order valence-electron chi connectivity index (χ1n) is 7.76. The van der Waals surface area contributed by atoms with Gasteiger partial charge in [0.25, 0.3) is 0 Å². The van der Waals surface area contributed by atoms with Gasteiger partial charge in [0.05, 0.1) is 0 Å². The number of aryl methyl sites for hydroxylation is 1. The van der Waals surface area contributed by atoms with Crippen LogP contribution in [0.1, 0.15) is 18.9 Å². The van der Waals surface area contributed by atoms with Crippen LogP contribution in [0, 0.1) is 6.92 Å². The van der Waals surface area contributed by atoms with E-state index in [0.29, 0.717) is 11.6 Å². The first-order valence-corrected chi connectivity index (χ1v) is 8.14. The lowest BCUT2D eigenvalue weighted by Crippen LogP contribution is -2.35. The third-order valence-electron chi connectivity index (χ3n) is 3.90. The molecule has 0 heterocycles. The van der Waals surface area contributed by atoms with Crippen molar-refractivity contribution in [2.24, 2.45) is 0 Å². The maximum atomic E-state index is 12.4. The normalized spacial score (nSPS) is 10.3. The molecule has 0 aliphatic heterocycles. The van der Waals surface area contributed by atoms with Crippen LogP contribution in [0.15, 0.2) is 48.5 Å². The van der Waals surface area contributed by atoms with E-state index in [2.05, 4.69) is 0 Å². The Labute approximate surface area is 147 Å². The molecular formula is C19H21ClN2O2. The smallest absolute Gasteiger partial charge is 0.228 e. The zero-order chi connectivity index (χ0) is 17.7. The van der Waals surface area contributed by atoms with Gasteiger partial charge in [-0.2, -0.15) is 0 Å². The Balaban J connectivity index is 2.09. The number of carbonyl (C=O) groups is 2. The molecule has 126 valence electrons. The maximum Gasteiger partial charge on any atom is 0.228 e. The van der Waals surface area contributed by atoms with Crippen LogP contribution in [0.3, 0.4) is 0 Å². The number of nitrogens with zero attached hydrogens (tertiary/aromatic N) is 2. The zero-order valence-electron chi connectivity index (χ0n) is 14.1. The predicted molar refractivity (Wildman–Crippen MR) is 98.7 cm³/mol. The van der Waals surface area contributed by atoms with Gasteiger partial charge >= 0.3 is 0 Å². The van der Waals surface area contributed by atoms with Crippen LogP contribution >= 0.6 is 11.6 Å². The molecule has 2 amide bonds. The van der Waals surface area contributed by atoms with Crippen molar-refractivity contribution in [2.45, 2.75) is 20.3 Å². The summed E-state index contributed by atoms with van der Waals surface area (Å²) in [5, 5.41) is 0.625. The molecular weight excluding hydrogens is 324 g/mol. The highest BCUT2D eigenvalue weighted by Gasteiger charge is 2.17. The molecule has 0 N–H and O–H groups in total. The highest BCUT2D eigenvalue weighted by molar-refractivity contribution is 6.30. The highest BCUT2D eigenvalue weighted by atomic mass is 35.5. The van der Waals surface area contributed by atoms with Gasteiger partial charge in [-0.05, 0) is 42.8 Å². The Morgan fingerprint density at radius 1 is 1.08 bits per heavy atom. The van der Waals surface area contributed by atoms with Crippen molar-refractivity contribution in [2.75, 3.05) is 23.4 Å². The molecule has 24 heavy (non-hydrogen) atoms. The Bertz CT molecular complexity index is 731. The summed E-state index contributed by atoms with van der Waals surface area (Å²) in [7, 11) is 1.74. The fraction of sp³-hybridized carbons (Fsp3) is 0.263. The topological polar surface area (TPSA) is 40.6 Å². The molecule has 0 unspecified atom stereocenters. The number of rotatable bonds is 5. The second kappa shape index (κ2) is 7.97. The molecule has 0 aliphatic carbocycles. The summed E-state index contributed by atoms with van der Waals surface area (Å²) in [6, 6.07) is 14.8. The fourth-order valence-electron chi connectivity index (χ4n) is 2.54. The van der Waals surface area contributed by atoms with E-state index in [1.165, 1.54) is 6.92 Å². The van der Waals surface area contributed by atoms with Gasteiger partial charge in [-0.15, -0.1) is 0 Å². The molecule has 2 aromatic carbocycles. The van der Waals surface area contributed by atoms with Gasteiger partial charge in [0, 0.05) is 43.3 Å². The quantitative estimate of drug-likeness (QED) is 0.820. The second-order valence-corrected chi connectivity index (χ2v) is 6.08. The average molecular weight is 345 g/mol. The van der Waals surface area contributed by atoms with Crippen molar-refractivity contribution in [1.29, 1.82) is 0 Å². The first kappa shape index (κ1) is 18.0. The molecule has 5 heteroatoms. The lowest BCUT2D eigenvalue weighted by Gasteiger charge is -2.24. The van der Waals surface area contributed by atoms with Gasteiger partial charge in [-0.1, -0.05) is 29.8 Å². The maximum absolute atomic E-state index is 12.4. The van der Waals surface area contributed by atoms with Crippen molar-refractivity contribution < 1.29 is 9.59 Å². The first-order chi connectivity index (χ1) is 11.4. The molecule has 2 rings (SSSR count). The van der Waals surface area contributed by atoms with Crippen LogP contribution in [0.4, 0.5) is 11.4 Å². The molecule has 4 nitrogen and oxygen atoms in total. The van der Waals surface area contributed by atoms with E-state index >= 15 is 0 Å². The fourth-order valence-corrected chi connectivity index (χ4v) is 2.77. The van der Waals surface area contributed by atoms with Crippen LogP contribution in [0.5, 0.6) is 0 Å². The molecule has 0 bridgehead atoms. The zero-order valence-corrected chi connectivity index (χ0v) is 14.9. The third-order valence-corrected chi connectivity index (χ3v) is 4.13. The summed E-state index contributed by atoms with van der Waals surface area (Å²) in [5.41, 5.74) is 2.52. The molecule has 0 spiro atoms. The molecule has 0 fully saturated rings. The molecule has 0 radical (unpaired) electrons. The summed E-state index contributed by atoms with van der Waals surface area (Å²) in [5.74, 6) is -0.144. The van der Waals surface area contributed by atoms with Crippen LogP contribution in [-0.4, -0.2) is 25.4 Å². The van der Waals surface area contributed by atoms with Gasteiger partial charge in [0.2, 0.25) is 11.8 Å². The van der Waals surface area contributed by atoms with Crippen molar-refractivity contribution in [1.82, 2.24) is 0 Å². The summed E-state index contributed by atoms with van der Waals surface area (Å²) < 4.78 is 0. The molecule has 0 saturated carbocycles. The van der Waals surface area contributed by atoms with Gasteiger partial charge in [0.15, 0.2) is 0 Å². The van der Waals surface area contributed by atoms with Crippen molar-refractivity contribution in [3.05, 3.63) is 59.1 Å². The van der Waals surface area contributed by atoms with Gasteiger partial charge in [0.1, 0.15) is 0 Å². The number of carbonyl (C=O) groups excluding carboxylic acids is 2. The minimum Gasteiger partial charge on any atom is -0.315 e. The lowest BCUT2D eigenvalue weighted by atomic mass is 10.1. The van der Waals surface area contributed by atoms with Crippen molar-refractivity contribution >= 4 is 34.8 Å². The average Bonchev–Trinajstić information content (AvgIpc) is 2.56. The highest BCUT2D eigenvalue weighted by Crippen LogP contribution is 2.24. The Morgan fingerprint density at radius 3 is 2.33 bits per heavy atom. The molecule has 0 aromatic heterocycles. The summed E-state index contributed by atoms with van der Waals surface area (Å²) in [6.45, 7) is 3.72. The minimum absolute atomic E-state index is 0.0425. The van der Waals surface area contributed by atoms with E-state index in [9.17, 15) is 9.59 Å². The Morgan fingerprint density at radius 2 is 1.75 bits per heavy atom. The molecule has 2 aromatic rings. The second-order valence-electron chi connectivity index (χ2n) is 5.64. The minimum atomic E-state index is -0.101. The molecule has 0 saturated heterocycles. The molecule has 0 atom stereocenters. The van der Waals surface area contributed by atoms with E-state index in [4.69, 9.17) is 11.6 Å². The number of para-hydroxylation sites is 1. The number of hydrogen-bond donors (Lipinski definition) is 0. The number of halogens is 1. The van der Waals surface area contributed by atoms with E-state index in [0.717, 1.165) is 16.9 Å². The summed E-state index contributed by atoms with van der Waals surface area (Å²) >= 11 is 5.97. The van der Waals surface area contributed by atoms with Crippen molar-refractivity contribution in [3.63, 3.8) is 0 Å². The van der Waals surface area contributed by atoms with Crippen LogP contribution in [-0.2, 0) is 9.59 Å². The third kappa shape index (κ3) is 4.36. The number of anilines is 2. The van der Waals surface area contributed by atoms with Gasteiger partial charge in [-0.3, -0.25) is 9.59 Å². The Hall–Kier alpha value is -2.33. The Kier molecular flexibility index (Phi) is 5.99. The summed E-state index contributed by atoms with van der Waals surface area (Å²) in [4.78, 5) is 27.6. The predicted octanol–water partition coefficient (Wildman–Crippen LogP) is 4.05. The van der Waals surface area contributed by atoms with Crippen LogP contribution < -0.4 is 9.80 Å². The van der Waals surface area contributed by atoms with E-state index in [1.54, 1.807) is 22.9 Å². The SMILES string of the molecule is CC(=O)N(CCC(=O)N(C)c1ccccc1)c1ccc(Cl)cc1C. The van der Waals surface area contributed by atoms with Crippen molar-refractivity contribution in [3.8, 4) is 0 Å². The lowest BCUT2D eigenvalue weighted by molar-refractivity contribution is -0.118. The number of benzene rings is 2. The van der Waals surface area contributed by atoms with E-state index in [1.807, 2.05) is 49.4 Å². The monoisotopic (exact) mass is 344 g/mol. The molecule has 0 aliphatic rings. The summed E-state index contributed by atoms with van der Waals surface area (Å²) in [6.07, 6.45) is 0.243. The van der Waals surface area contributed by atoms with Gasteiger partial charge in [-0.25, -0.2) is 0 Å². The standard InChI is InChI=1S/C19H21ClN2O2/c1-14-13-16(20)9-10-18(14)22(15(2)23)12-11-19(24)21(3)17-7-5-4-6-8-17/h4-10,13H,11-12H2,1-3H3. The largest absolute Gasteiger partial charge is 0.315 e. The van der Waals surface area contributed by atoms with Crippen LogP contribution in [0.25, 0.3) is 0 Å². The number of hydrogen-bond acceptors (Lipinski definition) is 2. The van der Waals surface area contributed by atoms with E-state index in [-0.39, 0.29) is 18.2 Å². The van der Waals surface area contributed by atoms with E-state index < -0.39 is 0 Å². The van der Waals surface area contributed by atoms with Gasteiger partial charge < -0.3 is 9.80 Å². The van der Waals surface area contributed by atoms with Crippen LogP contribution in [0.2, 0.25) is 5.02 Å². The number of amides is 2.